The first-order valence-corrected chi connectivity index (χ1v) is 10.1. The van der Waals surface area contributed by atoms with Crippen LogP contribution in [0.15, 0.2) is 39.9 Å². The number of hydrogen-bond acceptors (Lipinski definition) is 6. The molecule has 0 bridgehead atoms. The van der Waals surface area contributed by atoms with E-state index in [1.54, 1.807) is 31.4 Å². The van der Waals surface area contributed by atoms with E-state index < -0.39 is 0 Å². The lowest BCUT2D eigenvalue weighted by Crippen LogP contribution is -2.17. The summed E-state index contributed by atoms with van der Waals surface area (Å²) in [7, 11) is 1.56. The molecule has 29 heavy (non-hydrogen) atoms. The Balaban J connectivity index is 2.13. The minimum absolute atomic E-state index is 0.359. The molecule has 0 saturated carbocycles. The highest BCUT2D eigenvalue weighted by molar-refractivity contribution is 9.10. The fraction of sp³-hybridized carbons (Fsp3) is 0.333. The molecule has 1 N–H and O–H groups in total. The van der Waals surface area contributed by atoms with Crippen LogP contribution in [0.2, 0.25) is 0 Å². The monoisotopic (exact) mass is 464 g/mol. The van der Waals surface area contributed by atoms with Crippen LogP contribution in [0.5, 0.6) is 23.0 Å². The molecule has 2 aromatic carbocycles. The van der Waals surface area contributed by atoms with Gasteiger partial charge in [-0.15, -0.1) is 0 Å². The maximum atomic E-state index is 12.4. The lowest BCUT2D eigenvalue weighted by molar-refractivity contribution is 0.0954. The Morgan fingerprint density at radius 1 is 1.00 bits per heavy atom. The van der Waals surface area contributed by atoms with Gasteiger partial charge in [0.15, 0.2) is 23.0 Å². The Hall–Kier alpha value is -2.74. The Labute approximate surface area is 179 Å². The van der Waals surface area contributed by atoms with E-state index in [9.17, 15) is 4.79 Å². The number of hydrogen-bond donors (Lipinski definition) is 1. The smallest absolute Gasteiger partial charge is 0.271 e. The van der Waals surface area contributed by atoms with Gasteiger partial charge in [-0.25, -0.2) is 5.43 Å². The van der Waals surface area contributed by atoms with E-state index in [0.29, 0.717) is 48.4 Å². The molecule has 0 aliphatic heterocycles. The quantitative estimate of drug-likeness (QED) is 0.415. The second-order valence-corrected chi connectivity index (χ2v) is 6.55. The number of nitrogens with zero attached hydrogens (tertiary/aromatic N) is 1. The molecule has 0 aliphatic carbocycles. The zero-order valence-electron chi connectivity index (χ0n) is 17.0. The number of carbonyl (C=O) groups excluding carboxylic acids is 1. The summed E-state index contributed by atoms with van der Waals surface area (Å²) in [5.74, 6) is 1.95. The largest absolute Gasteiger partial charge is 0.493 e. The number of nitrogens with one attached hydrogen (secondary N) is 1. The van der Waals surface area contributed by atoms with Gasteiger partial charge in [0, 0.05) is 5.56 Å². The first kappa shape index (κ1) is 22.5. The SMILES string of the molecule is CCOc1ccc(C(=O)N/N=C/c2cc(Br)c(OCC)c(OC)c2)cc1OCC. The van der Waals surface area contributed by atoms with Gasteiger partial charge >= 0.3 is 0 Å². The van der Waals surface area contributed by atoms with Gasteiger partial charge in [0.2, 0.25) is 0 Å². The van der Waals surface area contributed by atoms with Crippen LogP contribution >= 0.6 is 15.9 Å². The van der Waals surface area contributed by atoms with Crippen molar-refractivity contribution in [2.24, 2.45) is 5.10 Å². The molecule has 2 rings (SSSR count). The highest BCUT2D eigenvalue weighted by Crippen LogP contribution is 2.36. The minimum atomic E-state index is -0.359. The number of carbonyl (C=O) groups is 1. The van der Waals surface area contributed by atoms with Crippen molar-refractivity contribution in [1.82, 2.24) is 5.43 Å². The van der Waals surface area contributed by atoms with E-state index in [-0.39, 0.29) is 5.91 Å². The second kappa shape index (κ2) is 11.3. The highest BCUT2D eigenvalue weighted by Gasteiger charge is 2.12. The number of hydrazone groups is 1. The fourth-order valence-corrected chi connectivity index (χ4v) is 3.10. The molecular weight excluding hydrogens is 440 g/mol. The summed E-state index contributed by atoms with van der Waals surface area (Å²) in [6.45, 7) is 7.16. The second-order valence-electron chi connectivity index (χ2n) is 5.69. The molecule has 1 amide bonds. The van der Waals surface area contributed by atoms with Crippen molar-refractivity contribution in [3.05, 3.63) is 45.9 Å². The van der Waals surface area contributed by atoms with Crippen molar-refractivity contribution >= 4 is 28.1 Å². The fourth-order valence-electron chi connectivity index (χ4n) is 2.52. The zero-order valence-corrected chi connectivity index (χ0v) is 18.5. The lowest BCUT2D eigenvalue weighted by Gasteiger charge is -2.12. The molecule has 7 nitrogen and oxygen atoms in total. The van der Waals surface area contributed by atoms with Crippen molar-refractivity contribution in [2.75, 3.05) is 26.9 Å². The topological polar surface area (TPSA) is 78.4 Å². The Morgan fingerprint density at radius 2 is 1.69 bits per heavy atom. The normalized spacial score (nSPS) is 10.7. The number of halogens is 1. The van der Waals surface area contributed by atoms with E-state index in [0.717, 1.165) is 10.0 Å². The van der Waals surface area contributed by atoms with Gasteiger partial charge in [-0.1, -0.05) is 0 Å². The Kier molecular flexibility index (Phi) is 8.79. The molecule has 2 aromatic rings. The summed E-state index contributed by atoms with van der Waals surface area (Å²) in [4.78, 5) is 12.4. The van der Waals surface area contributed by atoms with Gasteiger partial charge in [-0.05, 0) is 72.6 Å². The van der Waals surface area contributed by atoms with Crippen LogP contribution in [0.25, 0.3) is 0 Å². The molecule has 0 aromatic heterocycles. The van der Waals surface area contributed by atoms with E-state index in [2.05, 4.69) is 26.5 Å². The van der Waals surface area contributed by atoms with Crippen molar-refractivity contribution in [1.29, 1.82) is 0 Å². The average Bonchev–Trinajstić information content (AvgIpc) is 2.71. The van der Waals surface area contributed by atoms with Gasteiger partial charge in [-0.3, -0.25) is 4.79 Å². The van der Waals surface area contributed by atoms with Gasteiger partial charge in [0.05, 0.1) is 37.6 Å². The predicted octanol–water partition coefficient (Wildman–Crippen LogP) is 4.42. The van der Waals surface area contributed by atoms with Gasteiger partial charge < -0.3 is 18.9 Å². The number of ether oxygens (including phenoxy) is 4. The molecule has 156 valence electrons. The van der Waals surface area contributed by atoms with E-state index in [4.69, 9.17) is 18.9 Å². The number of amides is 1. The van der Waals surface area contributed by atoms with Crippen LogP contribution in [-0.4, -0.2) is 39.1 Å². The van der Waals surface area contributed by atoms with Crippen molar-refractivity contribution in [3.8, 4) is 23.0 Å². The third kappa shape index (κ3) is 6.12. The molecule has 0 saturated heterocycles. The summed E-state index contributed by atoms with van der Waals surface area (Å²) < 4.78 is 22.7. The maximum Gasteiger partial charge on any atom is 0.271 e. The number of benzene rings is 2. The first-order chi connectivity index (χ1) is 14.0. The van der Waals surface area contributed by atoms with E-state index in [1.807, 2.05) is 26.8 Å². The van der Waals surface area contributed by atoms with Crippen LogP contribution in [-0.2, 0) is 0 Å². The van der Waals surface area contributed by atoms with Crippen LogP contribution in [0.1, 0.15) is 36.7 Å². The molecule has 0 atom stereocenters. The maximum absolute atomic E-state index is 12.4. The van der Waals surface area contributed by atoms with Gasteiger partial charge in [0.1, 0.15) is 0 Å². The molecule has 0 fully saturated rings. The number of methoxy groups -OCH3 is 1. The molecule has 0 heterocycles. The van der Waals surface area contributed by atoms with Crippen LogP contribution in [0.3, 0.4) is 0 Å². The molecule has 0 spiro atoms. The van der Waals surface area contributed by atoms with Crippen molar-refractivity contribution < 1.29 is 23.7 Å². The summed E-state index contributed by atoms with van der Waals surface area (Å²) in [6.07, 6.45) is 1.53. The molecule has 0 unspecified atom stereocenters. The molecule has 8 heteroatoms. The first-order valence-electron chi connectivity index (χ1n) is 9.27. The average molecular weight is 465 g/mol. The highest BCUT2D eigenvalue weighted by atomic mass is 79.9. The van der Waals surface area contributed by atoms with E-state index in [1.165, 1.54) is 6.21 Å². The summed E-state index contributed by atoms with van der Waals surface area (Å²) >= 11 is 3.46. The molecule has 0 radical (unpaired) electrons. The van der Waals surface area contributed by atoms with Gasteiger partial charge in [0.25, 0.3) is 5.91 Å². The van der Waals surface area contributed by atoms with Crippen LogP contribution in [0, 0.1) is 0 Å². The Bertz CT molecular complexity index is 870. The van der Waals surface area contributed by atoms with E-state index >= 15 is 0 Å². The molecule has 0 aliphatic rings. The molecular formula is C21H25BrN2O5. The standard InChI is InChI=1S/C21H25BrN2O5/c1-5-27-17-9-8-15(12-18(17)28-6-2)21(25)24-23-13-14-10-16(22)20(29-7-3)19(11-14)26-4/h8-13H,5-7H2,1-4H3,(H,24,25)/b23-13+. The predicted molar refractivity (Wildman–Crippen MR) is 116 cm³/mol. The summed E-state index contributed by atoms with van der Waals surface area (Å²) in [5.41, 5.74) is 3.66. The van der Waals surface area contributed by atoms with Crippen LogP contribution in [0.4, 0.5) is 0 Å². The number of rotatable bonds is 10. The zero-order chi connectivity index (χ0) is 21.2. The van der Waals surface area contributed by atoms with Crippen molar-refractivity contribution in [2.45, 2.75) is 20.8 Å². The third-order valence-electron chi connectivity index (χ3n) is 3.73. The lowest BCUT2D eigenvalue weighted by atomic mass is 10.2. The van der Waals surface area contributed by atoms with Crippen molar-refractivity contribution in [3.63, 3.8) is 0 Å². The summed E-state index contributed by atoms with van der Waals surface area (Å²) in [6, 6.07) is 8.61. The summed E-state index contributed by atoms with van der Waals surface area (Å²) in [5, 5.41) is 4.03. The van der Waals surface area contributed by atoms with Gasteiger partial charge in [-0.2, -0.15) is 5.10 Å². The minimum Gasteiger partial charge on any atom is -0.493 e. The third-order valence-corrected chi connectivity index (χ3v) is 4.31. The Morgan fingerprint density at radius 3 is 2.34 bits per heavy atom. The van der Waals surface area contributed by atoms with Crippen LogP contribution < -0.4 is 24.4 Å².